The van der Waals surface area contributed by atoms with Crippen molar-refractivity contribution in [2.75, 3.05) is 0 Å². The lowest BCUT2D eigenvalue weighted by molar-refractivity contribution is 0.112. The molecule has 1 N–H and O–H groups in total. The molecule has 0 bridgehead atoms. The number of hydrogen-bond acceptors (Lipinski definition) is 1. The minimum Gasteiger partial charge on any atom is -0.360 e. The fourth-order valence-electron chi connectivity index (χ4n) is 1.71. The molecule has 3 heteroatoms. The van der Waals surface area contributed by atoms with E-state index in [1.807, 2.05) is 0 Å². The molecule has 0 aliphatic rings. The molecule has 0 amide bonds. The lowest BCUT2D eigenvalue weighted by Crippen LogP contribution is -2.37. The molecule has 2 aromatic rings. The molecular weight excluding hydrogens is 202 g/mol. The second kappa shape index (κ2) is 3.34. The van der Waals surface area contributed by atoms with E-state index in [0.717, 1.165) is 22.8 Å². The van der Waals surface area contributed by atoms with Gasteiger partial charge < -0.3 is 4.98 Å². The SMILES string of the molecule is C[Si](C)(C)c1ccc2[nH]cc(C=O)c2c1. The summed E-state index contributed by atoms with van der Waals surface area (Å²) in [5.41, 5.74) is 1.80. The first-order valence-electron chi connectivity index (χ1n) is 5.09. The number of rotatable bonds is 2. The number of aldehydes is 1. The molecule has 1 heterocycles. The summed E-state index contributed by atoms with van der Waals surface area (Å²) in [6.45, 7) is 6.92. The lowest BCUT2D eigenvalue weighted by Gasteiger charge is -2.16. The molecule has 0 unspecified atom stereocenters. The van der Waals surface area contributed by atoms with Gasteiger partial charge in [-0.1, -0.05) is 37.0 Å². The van der Waals surface area contributed by atoms with E-state index in [-0.39, 0.29) is 0 Å². The van der Waals surface area contributed by atoms with E-state index in [0.29, 0.717) is 0 Å². The second-order valence-corrected chi connectivity index (χ2v) is 9.95. The maximum Gasteiger partial charge on any atom is 0.152 e. The number of H-pyrrole nitrogens is 1. The van der Waals surface area contributed by atoms with Crippen molar-refractivity contribution in [3.8, 4) is 0 Å². The summed E-state index contributed by atoms with van der Waals surface area (Å²) in [6, 6.07) is 6.39. The van der Waals surface area contributed by atoms with Gasteiger partial charge in [0.05, 0.1) is 8.07 Å². The zero-order chi connectivity index (χ0) is 11.1. The average Bonchev–Trinajstić information content (AvgIpc) is 2.57. The Hall–Kier alpha value is -1.35. The Kier molecular flexibility index (Phi) is 2.27. The third kappa shape index (κ3) is 1.75. The third-order valence-corrected chi connectivity index (χ3v) is 4.75. The van der Waals surface area contributed by atoms with Gasteiger partial charge in [-0.05, 0) is 6.07 Å². The van der Waals surface area contributed by atoms with Gasteiger partial charge in [0.15, 0.2) is 6.29 Å². The molecule has 0 fully saturated rings. The number of hydrogen-bond donors (Lipinski definition) is 1. The van der Waals surface area contributed by atoms with Crippen molar-refractivity contribution < 1.29 is 4.79 Å². The summed E-state index contributed by atoms with van der Waals surface area (Å²) in [7, 11) is -1.29. The molecule has 0 aliphatic heterocycles. The van der Waals surface area contributed by atoms with Crippen molar-refractivity contribution in [3.63, 3.8) is 0 Å². The number of aromatic amines is 1. The van der Waals surface area contributed by atoms with Crippen molar-refractivity contribution in [3.05, 3.63) is 30.0 Å². The van der Waals surface area contributed by atoms with Gasteiger partial charge in [0.2, 0.25) is 0 Å². The molecular formula is C12H15NOSi. The average molecular weight is 217 g/mol. The molecule has 78 valence electrons. The minimum atomic E-state index is -1.29. The monoisotopic (exact) mass is 217 g/mol. The smallest absolute Gasteiger partial charge is 0.152 e. The molecule has 2 nitrogen and oxygen atoms in total. The first-order valence-corrected chi connectivity index (χ1v) is 8.59. The predicted molar refractivity (Wildman–Crippen MR) is 66.7 cm³/mol. The van der Waals surface area contributed by atoms with E-state index in [9.17, 15) is 4.79 Å². The predicted octanol–water partition coefficient (Wildman–Crippen LogP) is 2.53. The highest BCUT2D eigenvalue weighted by Crippen LogP contribution is 2.16. The highest BCUT2D eigenvalue weighted by atomic mass is 28.3. The van der Waals surface area contributed by atoms with Crippen LogP contribution in [0.3, 0.4) is 0 Å². The maximum atomic E-state index is 10.8. The molecule has 0 saturated carbocycles. The van der Waals surface area contributed by atoms with E-state index >= 15 is 0 Å². The summed E-state index contributed by atoms with van der Waals surface area (Å²) < 4.78 is 0. The molecule has 0 spiro atoms. The van der Waals surface area contributed by atoms with E-state index < -0.39 is 8.07 Å². The number of carbonyl (C=O) groups excluding carboxylic acids is 1. The van der Waals surface area contributed by atoms with Crippen molar-refractivity contribution in [1.82, 2.24) is 4.98 Å². The van der Waals surface area contributed by atoms with Crippen LogP contribution in [0.25, 0.3) is 10.9 Å². The number of benzene rings is 1. The first-order chi connectivity index (χ1) is 7.02. The van der Waals surface area contributed by atoms with Crippen LogP contribution < -0.4 is 5.19 Å². The van der Waals surface area contributed by atoms with Crippen LogP contribution in [0, 0.1) is 0 Å². The summed E-state index contributed by atoms with van der Waals surface area (Å²) in [5, 5.41) is 2.43. The van der Waals surface area contributed by atoms with Crippen LogP contribution in [0.1, 0.15) is 10.4 Å². The Morgan fingerprint density at radius 1 is 1.27 bits per heavy atom. The van der Waals surface area contributed by atoms with E-state index in [1.165, 1.54) is 5.19 Å². The Morgan fingerprint density at radius 2 is 2.00 bits per heavy atom. The van der Waals surface area contributed by atoms with Gasteiger partial charge in [0.25, 0.3) is 0 Å². The van der Waals surface area contributed by atoms with Gasteiger partial charge in [0.1, 0.15) is 0 Å². The number of fused-ring (bicyclic) bond motifs is 1. The Morgan fingerprint density at radius 3 is 2.60 bits per heavy atom. The van der Waals surface area contributed by atoms with Crippen molar-refractivity contribution >= 4 is 30.4 Å². The highest BCUT2D eigenvalue weighted by Gasteiger charge is 2.17. The molecule has 0 radical (unpaired) electrons. The number of aromatic nitrogens is 1. The van der Waals surface area contributed by atoms with Crippen LogP contribution >= 0.6 is 0 Å². The topological polar surface area (TPSA) is 32.9 Å². The van der Waals surface area contributed by atoms with Gasteiger partial charge >= 0.3 is 0 Å². The van der Waals surface area contributed by atoms with Gasteiger partial charge in [-0.25, -0.2) is 0 Å². The molecule has 0 atom stereocenters. The first kappa shape index (κ1) is 10.2. The van der Waals surface area contributed by atoms with E-state index in [1.54, 1.807) is 6.20 Å². The van der Waals surface area contributed by atoms with Crippen LogP contribution in [0.15, 0.2) is 24.4 Å². The standard InChI is InChI=1S/C12H15NOSi/c1-15(2,3)10-4-5-12-11(6-10)9(8-14)7-13-12/h4-8,13H,1-3H3. The molecule has 1 aromatic heterocycles. The van der Waals surface area contributed by atoms with E-state index in [2.05, 4.69) is 42.8 Å². The van der Waals surface area contributed by atoms with E-state index in [4.69, 9.17) is 0 Å². The Bertz CT molecular complexity index is 508. The van der Waals surface area contributed by atoms with Gasteiger partial charge in [-0.2, -0.15) is 0 Å². The van der Waals surface area contributed by atoms with Crippen LogP contribution in [-0.4, -0.2) is 19.3 Å². The van der Waals surface area contributed by atoms with Crippen LogP contribution in [0.2, 0.25) is 19.6 Å². The summed E-state index contributed by atoms with van der Waals surface area (Å²) in [5.74, 6) is 0. The van der Waals surface area contributed by atoms with Crippen LogP contribution in [0.5, 0.6) is 0 Å². The Balaban J connectivity index is 2.68. The zero-order valence-electron chi connectivity index (χ0n) is 9.29. The molecule has 2 rings (SSSR count). The molecule has 15 heavy (non-hydrogen) atoms. The summed E-state index contributed by atoms with van der Waals surface area (Å²) in [6.07, 6.45) is 2.68. The quantitative estimate of drug-likeness (QED) is 0.608. The maximum absolute atomic E-state index is 10.8. The highest BCUT2D eigenvalue weighted by molar-refractivity contribution is 6.88. The van der Waals surface area contributed by atoms with Gasteiger partial charge in [-0.15, -0.1) is 0 Å². The van der Waals surface area contributed by atoms with Crippen LogP contribution in [-0.2, 0) is 0 Å². The third-order valence-electron chi connectivity index (χ3n) is 2.71. The van der Waals surface area contributed by atoms with Crippen LogP contribution in [0.4, 0.5) is 0 Å². The van der Waals surface area contributed by atoms with Crippen molar-refractivity contribution in [2.45, 2.75) is 19.6 Å². The van der Waals surface area contributed by atoms with Crippen molar-refractivity contribution in [1.29, 1.82) is 0 Å². The second-order valence-electron chi connectivity index (χ2n) is 4.87. The van der Waals surface area contributed by atoms with Gasteiger partial charge in [-0.3, -0.25) is 4.79 Å². The zero-order valence-corrected chi connectivity index (χ0v) is 10.3. The summed E-state index contributed by atoms with van der Waals surface area (Å²) >= 11 is 0. The molecule has 0 aliphatic carbocycles. The fourth-order valence-corrected chi connectivity index (χ4v) is 2.87. The lowest BCUT2D eigenvalue weighted by atomic mass is 10.2. The van der Waals surface area contributed by atoms with Crippen molar-refractivity contribution in [2.24, 2.45) is 0 Å². The summed E-state index contributed by atoms with van der Waals surface area (Å²) in [4.78, 5) is 13.9. The normalized spacial score (nSPS) is 11.9. The number of carbonyl (C=O) groups is 1. The molecule has 1 aromatic carbocycles. The largest absolute Gasteiger partial charge is 0.360 e. The fraction of sp³-hybridized carbons (Fsp3) is 0.250. The Labute approximate surface area is 90.3 Å². The molecule has 0 saturated heterocycles. The number of nitrogens with one attached hydrogen (secondary N) is 1. The minimum absolute atomic E-state index is 0.755. The van der Waals surface area contributed by atoms with Gasteiger partial charge in [0, 0.05) is 22.7 Å².